The summed E-state index contributed by atoms with van der Waals surface area (Å²) in [6.45, 7) is 9.59. The van der Waals surface area contributed by atoms with Crippen molar-refractivity contribution in [1.82, 2.24) is 15.1 Å². The molecule has 0 saturated carbocycles. The first-order valence-electron chi connectivity index (χ1n) is 8.66. The van der Waals surface area contributed by atoms with Crippen molar-refractivity contribution in [2.75, 3.05) is 17.2 Å². The first-order chi connectivity index (χ1) is 12.4. The number of aromatic nitrogens is 3. The standard InChI is InChI=1S/C18H23ClN6O/c1-10(2)12-5-16(20-8-12)23-17-7-15(19)22-18(24-17)21-9-13-6-14(11(3)4)25-26-13/h5-7,10-11H,8-9H2,1-4H3,(H2,20,21,22,23,24). The molecule has 0 spiro atoms. The molecule has 0 saturated heterocycles. The van der Waals surface area contributed by atoms with Crippen LogP contribution in [0.1, 0.15) is 45.1 Å². The van der Waals surface area contributed by atoms with Crippen molar-refractivity contribution in [3.8, 4) is 0 Å². The van der Waals surface area contributed by atoms with Gasteiger partial charge in [0.25, 0.3) is 0 Å². The molecule has 0 atom stereocenters. The van der Waals surface area contributed by atoms with Crippen LogP contribution < -0.4 is 10.6 Å². The van der Waals surface area contributed by atoms with Gasteiger partial charge >= 0.3 is 0 Å². The van der Waals surface area contributed by atoms with Gasteiger partial charge in [0.1, 0.15) is 16.8 Å². The van der Waals surface area contributed by atoms with E-state index < -0.39 is 0 Å². The van der Waals surface area contributed by atoms with E-state index in [-0.39, 0.29) is 0 Å². The molecular weight excluding hydrogens is 352 g/mol. The highest BCUT2D eigenvalue weighted by molar-refractivity contribution is 6.29. The predicted octanol–water partition coefficient (Wildman–Crippen LogP) is 4.26. The molecule has 0 aromatic carbocycles. The van der Waals surface area contributed by atoms with E-state index >= 15 is 0 Å². The second kappa shape index (κ2) is 7.86. The Labute approximate surface area is 158 Å². The summed E-state index contributed by atoms with van der Waals surface area (Å²) in [4.78, 5) is 13.1. The summed E-state index contributed by atoms with van der Waals surface area (Å²) in [6.07, 6.45) is 2.05. The zero-order valence-electron chi connectivity index (χ0n) is 15.4. The second-order valence-electron chi connectivity index (χ2n) is 6.83. The van der Waals surface area contributed by atoms with Crippen molar-refractivity contribution >= 4 is 29.2 Å². The average molecular weight is 375 g/mol. The van der Waals surface area contributed by atoms with Gasteiger partial charge in [-0.3, -0.25) is 4.99 Å². The number of halogens is 1. The molecule has 0 bridgehead atoms. The maximum absolute atomic E-state index is 6.12. The first-order valence-corrected chi connectivity index (χ1v) is 9.04. The van der Waals surface area contributed by atoms with E-state index in [9.17, 15) is 0 Å². The van der Waals surface area contributed by atoms with Gasteiger partial charge in [0, 0.05) is 12.1 Å². The molecule has 138 valence electrons. The molecule has 7 nitrogen and oxygen atoms in total. The SMILES string of the molecule is CC(C)C1=CC(Nc2cc(Cl)nc(NCc3cc(C(C)C)no3)n2)=NC1. The summed E-state index contributed by atoms with van der Waals surface area (Å²) < 4.78 is 5.31. The van der Waals surface area contributed by atoms with Crippen LogP contribution in [-0.2, 0) is 6.54 Å². The molecule has 2 N–H and O–H groups in total. The van der Waals surface area contributed by atoms with E-state index in [1.807, 2.05) is 6.07 Å². The Hall–Kier alpha value is -2.41. The van der Waals surface area contributed by atoms with Crippen LogP contribution in [0.4, 0.5) is 11.8 Å². The number of anilines is 2. The molecule has 8 heteroatoms. The highest BCUT2D eigenvalue weighted by Gasteiger charge is 2.13. The van der Waals surface area contributed by atoms with Crippen molar-refractivity contribution < 1.29 is 4.52 Å². The molecule has 26 heavy (non-hydrogen) atoms. The van der Waals surface area contributed by atoms with Crippen LogP contribution in [0.15, 0.2) is 33.3 Å². The van der Waals surface area contributed by atoms with Crippen LogP contribution in [0, 0.1) is 5.92 Å². The lowest BCUT2D eigenvalue weighted by Crippen LogP contribution is -2.11. The Balaban J connectivity index is 1.66. The van der Waals surface area contributed by atoms with Crippen molar-refractivity contribution in [3.63, 3.8) is 0 Å². The Morgan fingerprint density at radius 2 is 1.96 bits per heavy atom. The average Bonchev–Trinajstić information content (AvgIpc) is 3.21. The van der Waals surface area contributed by atoms with Crippen LogP contribution in [0.2, 0.25) is 5.15 Å². The monoisotopic (exact) mass is 374 g/mol. The van der Waals surface area contributed by atoms with E-state index in [0.29, 0.717) is 41.8 Å². The maximum Gasteiger partial charge on any atom is 0.226 e. The molecule has 1 aliphatic rings. The molecule has 3 rings (SSSR count). The lowest BCUT2D eigenvalue weighted by molar-refractivity contribution is 0.379. The van der Waals surface area contributed by atoms with Gasteiger partial charge in [-0.15, -0.1) is 0 Å². The smallest absolute Gasteiger partial charge is 0.226 e. The number of amidine groups is 1. The molecule has 0 amide bonds. The Bertz CT molecular complexity index is 840. The molecular formula is C18H23ClN6O. The molecule has 0 aliphatic carbocycles. The predicted molar refractivity (Wildman–Crippen MR) is 104 cm³/mol. The molecule has 0 unspecified atom stereocenters. The summed E-state index contributed by atoms with van der Waals surface area (Å²) in [5.74, 6) is 3.30. The first kappa shape index (κ1) is 18.4. The molecule has 0 fully saturated rings. The third-order valence-electron chi connectivity index (χ3n) is 4.04. The topological polar surface area (TPSA) is 88.2 Å². The maximum atomic E-state index is 6.12. The van der Waals surface area contributed by atoms with E-state index in [1.54, 1.807) is 6.07 Å². The number of hydrogen-bond acceptors (Lipinski definition) is 7. The van der Waals surface area contributed by atoms with Crippen LogP contribution in [0.3, 0.4) is 0 Å². The van der Waals surface area contributed by atoms with Crippen LogP contribution in [-0.4, -0.2) is 27.5 Å². The minimum Gasteiger partial charge on any atom is -0.359 e. The van der Waals surface area contributed by atoms with Crippen molar-refractivity contribution in [2.45, 2.75) is 40.2 Å². The van der Waals surface area contributed by atoms with Gasteiger partial charge in [-0.1, -0.05) is 44.5 Å². The van der Waals surface area contributed by atoms with Gasteiger partial charge in [0.15, 0.2) is 5.76 Å². The second-order valence-corrected chi connectivity index (χ2v) is 7.21. The fourth-order valence-electron chi connectivity index (χ4n) is 2.41. The van der Waals surface area contributed by atoms with Crippen molar-refractivity contribution in [3.05, 3.63) is 40.4 Å². The fraction of sp³-hybridized carbons (Fsp3) is 0.444. The van der Waals surface area contributed by atoms with Gasteiger partial charge in [-0.2, -0.15) is 4.98 Å². The largest absolute Gasteiger partial charge is 0.359 e. The Morgan fingerprint density at radius 1 is 1.15 bits per heavy atom. The highest BCUT2D eigenvalue weighted by Crippen LogP contribution is 2.19. The van der Waals surface area contributed by atoms with E-state index in [4.69, 9.17) is 16.1 Å². The Morgan fingerprint density at radius 3 is 2.62 bits per heavy atom. The van der Waals surface area contributed by atoms with Gasteiger partial charge < -0.3 is 15.2 Å². The van der Waals surface area contributed by atoms with E-state index in [2.05, 4.69) is 64.5 Å². The summed E-state index contributed by atoms with van der Waals surface area (Å²) >= 11 is 6.12. The van der Waals surface area contributed by atoms with Gasteiger partial charge in [0.05, 0.1) is 18.8 Å². The normalized spacial score (nSPS) is 14.0. The van der Waals surface area contributed by atoms with Gasteiger partial charge in [-0.25, -0.2) is 4.98 Å². The third-order valence-corrected chi connectivity index (χ3v) is 4.23. The van der Waals surface area contributed by atoms with E-state index in [1.165, 1.54) is 5.57 Å². The number of aliphatic imine (C=N–C) groups is 1. The molecule has 3 heterocycles. The molecule has 2 aromatic heterocycles. The quantitative estimate of drug-likeness (QED) is 0.734. The summed E-state index contributed by atoms with van der Waals surface area (Å²) in [5.41, 5.74) is 2.21. The van der Waals surface area contributed by atoms with Gasteiger partial charge in [0.2, 0.25) is 5.95 Å². The van der Waals surface area contributed by atoms with Crippen LogP contribution in [0.5, 0.6) is 0 Å². The van der Waals surface area contributed by atoms with Crippen molar-refractivity contribution in [1.29, 1.82) is 0 Å². The zero-order chi connectivity index (χ0) is 18.7. The number of nitrogens with one attached hydrogen (secondary N) is 2. The third kappa shape index (κ3) is 4.60. The summed E-state index contributed by atoms with van der Waals surface area (Å²) in [5, 5.41) is 10.7. The highest BCUT2D eigenvalue weighted by atomic mass is 35.5. The zero-order valence-corrected chi connectivity index (χ0v) is 16.1. The lowest BCUT2D eigenvalue weighted by Gasteiger charge is -2.07. The minimum atomic E-state index is 0.321. The summed E-state index contributed by atoms with van der Waals surface area (Å²) in [6, 6.07) is 3.59. The number of nitrogens with zero attached hydrogens (tertiary/aromatic N) is 4. The van der Waals surface area contributed by atoms with Crippen molar-refractivity contribution in [2.24, 2.45) is 10.9 Å². The van der Waals surface area contributed by atoms with Crippen LogP contribution in [0.25, 0.3) is 0 Å². The lowest BCUT2D eigenvalue weighted by atomic mass is 10.0. The summed E-state index contributed by atoms with van der Waals surface area (Å²) in [7, 11) is 0. The van der Waals surface area contributed by atoms with Gasteiger partial charge in [-0.05, 0) is 23.5 Å². The molecule has 1 aliphatic heterocycles. The van der Waals surface area contributed by atoms with Crippen LogP contribution >= 0.6 is 11.6 Å². The van der Waals surface area contributed by atoms with E-state index in [0.717, 1.165) is 17.3 Å². The Kier molecular flexibility index (Phi) is 5.56. The number of hydrogen-bond donors (Lipinski definition) is 2. The fourth-order valence-corrected chi connectivity index (χ4v) is 2.59. The minimum absolute atomic E-state index is 0.321. The number of rotatable bonds is 6. The molecule has 0 radical (unpaired) electrons. The molecule has 2 aromatic rings.